The molecule has 0 aliphatic carbocycles. The van der Waals surface area contributed by atoms with E-state index in [0.29, 0.717) is 22.7 Å². The van der Waals surface area contributed by atoms with Crippen molar-refractivity contribution in [3.63, 3.8) is 0 Å². The molecule has 2 aromatic carbocycles. The van der Waals surface area contributed by atoms with Gasteiger partial charge in [-0.2, -0.15) is 0 Å². The van der Waals surface area contributed by atoms with Crippen molar-refractivity contribution in [2.45, 2.75) is 13.5 Å². The predicted molar refractivity (Wildman–Crippen MR) is 135 cm³/mol. The number of hydrogen-bond acceptors (Lipinski definition) is 4. The molecule has 0 fully saturated rings. The van der Waals surface area contributed by atoms with Gasteiger partial charge < -0.3 is 14.5 Å². The molecular weight excluding hydrogens is 436 g/mol. The maximum absolute atomic E-state index is 13.1. The number of ether oxygens (including phenoxy) is 1. The molecule has 0 unspecified atom stereocenters. The number of nitrogens with zero attached hydrogens (tertiary/aromatic N) is 3. The normalized spacial score (nSPS) is 10.4. The van der Waals surface area contributed by atoms with E-state index in [1.54, 1.807) is 18.3 Å². The Hall–Kier alpha value is -4.89. The Morgan fingerprint density at radius 2 is 1.89 bits per heavy atom. The van der Waals surface area contributed by atoms with Crippen molar-refractivity contribution in [1.82, 2.24) is 14.4 Å². The van der Waals surface area contributed by atoms with Crippen LogP contribution >= 0.6 is 0 Å². The summed E-state index contributed by atoms with van der Waals surface area (Å²) in [6.45, 7) is 2.27. The fraction of sp³-hybridized carbons (Fsp3) is 0.0690. The molecule has 0 saturated heterocycles. The number of benzene rings is 2. The molecule has 170 valence electrons. The van der Waals surface area contributed by atoms with Gasteiger partial charge in [0.15, 0.2) is 0 Å². The summed E-state index contributed by atoms with van der Waals surface area (Å²) in [5.74, 6) is 6.34. The third-order valence-electron chi connectivity index (χ3n) is 5.36. The number of anilines is 1. The van der Waals surface area contributed by atoms with Gasteiger partial charge in [-0.25, -0.2) is 9.97 Å². The van der Waals surface area contributed by atoms with Crippen LogP contribution in [0.4, 0.5) is 5.69 Å². The molecule has 0 bridgehead atoms. The van der Waals surface area contributed by atoms with Crippen molar-refractivity contribution in [3.8, 4) is 17.6 Å². The van der Waals surface area contributed by atoms with Gasteiger partial charge in [-0.1, -0.05) is 36.3 Å². The third kappa shape index (κ3) is 5.21. The largest absolute Gasteiger partial charge is 0.486 e. The fourth-order valence-corrected chi connectivity index (χ4v) is 3.65. The van der Waals surface area contributed by atoms with Crippen molar-refractivity contribution in [3.05, 3.63) is 126 Å². The van der Waals surface area contributed by atoms with Gasteiger partial charge >= 0.3 is 0 Å². The van der Waals surface area contributed by atoms with E-state index in [-0.39, 0.29) is 12.5 Å². The van der Waals surface area contributed by atoms with Crippen LogP contribution in [0.5, 0.6) is 5.75 Å². The lowest BCUT2D eigenvalue weighted by Gasteiger charge is -2.11. The number of fused-ring (bicyclic) bond motifs is 1. The standard InChI is InChI=1S/C29H22N4O2/c1-21-8-7-17-33-19-25(31-28(21)33)20-35-27-13-3-2-12-26(27)29(34)32-24-11-6-9-22(18-24)14-15-23-10-4-5-16-30-23/h2-13,16-19H,20H2,1H3,(H,32,34). The van der Waals surface area contributed by atoms with E-state index in [1.165, 1.54) is 0 Å². The molecule has 1 N–H and O–H groups in total. The number of amides is 1. The van der Waals surface area contributed by atoms with Gasteiger partial charge in [0.25, 0.3) is 5.91 Å². The first-order valence-corrected chi connectivity index (χ1v) is 11.2. The number of nitrogens with one attached hydrogen (secondary N) is 1. The number of pyridine rings is 2. The van der Waals surface area contributed by atoms with Gasteiger partial charge in [0.05, 0.1) is 11.3 Å². The van der Waals surface area contributed by atoms with Crippen molar-refractivity contribution in [2.24, 2.45) is 0 Å². The van der Waals surface area contributed by atoms with Crippen LogP contribution in [0.2, 0.25) is 0 Å². The maximum Gasteiger partial charge on any atom is 0.259 e. The van der Waals surface area contributed by atoms with Crippen LogP contribution in [0.15, 0.2) is 97.5 Å². The van der Waals surface area contributed by atoms with Gasteiger partial charge in [-0.05, 0) is 66.9 Å². The molecule has 0 atom stereocenters. The first-order valence-electron chi connectivity index (χ1n) is 11.2. The summed E-state index contributed by atoms with van der Waals surface area (Å²) in [5, 5.41) is 2.94. The average molecular weight is 459 g/mol. The third-order valence-corrected chi connectivity index (χ3v) is 5.36. The lowest BCUT2D eigenvalue weighted by molar-refractivity contribution is 0.102. The Kier molecular flexibility index (Phi) is 6.23. The van der Waals surface area contributed by atoms with E-state index in [4.69, 9.17) is 4.74 Å². The number of aryl methyl sites for hydroxylation is 1. The quantitative estimate of drug-likeness (QED) is 0.365. The number of carbonyl (C=O) groups is 1. The fourth-order valence-electron chi connectivity index (χ4n) is 3.65. The summed E-state index contributed by atoms with van der Waals surface area (Å²) < 4.78 is 7.97. The number of hydrogen-bond donors (Lipinski definition) is 1. The maximum atomic E-state index is 13.1. The lowest BCUT2D eigenvalue weighted by Crippen LogP contribution is -2.13. The van der Waals surface area contributed by atoms with E-state index in [1.807, 2.05) is 90.4 Å². The van der Waals surface area contributed by atoms with Crippen molar-refractivity contribution >= 4 is 17.2 Å². The Labute approximate surface area is 203 Å². The molecule has 6 nitrogen and oxygen atoms in total. The average Bonchev–Trinajstić information content (AvgIpc) is 3.32. The molecule has 0 spiro atoms. The molecule has 0 aliphatic heterocycles. The summed E-state index contributed by atoms with van der Waals surface area (Å²) in [5.41, 5.74) is 5.32. The zero-order chi connectivity index (χ0) is 24.0. The Morgan fingerprint density at radius 3 is 2.74 bits per heavy atom. The highest BCUT2D eigenvalue weighted by Crippen LogP contribution is 2.22. The minimum atomic E-state index is -0.263. The minimum Gasteiger partial charge on any atom is -0.486 e. The predicted octanol–water partition coefficient (Wildman–Crippen LogP) is 5.27. The molecule has 0 saturated carbocycles. The number of imidazole rings is 1. The van der Waals surface area contributed by atoms with Crippen molar-refractivity contribution in [2.75, 3.05) is 5.32 Å². The number of aromatic nitrogens is 3. The van der Waals surface area contributed by atoms with Crippen molar-refractivity contribution in [1.29, 1.82) is 0 Å². The molecule has 5 aromatic rings. The topological polar surface area (TPSA) is 68.5 Å². The van der Waals surface area contributed by atoms with E-state index >= 15 is 0 Å². The summed E-state index contributed by atoms with van der Waals surface area (Å²) in [7, 11) is 0. The zero-order valence-corrected chi connectivity index (χ0v) is 19.1. The van der Waals surface area contributed by atoms with Crippen LogP contribution in [0.25, 0.3) is 5.65 Å². The highest BCUT2D eigenvalue weighted by Gasteiger charge is 2.13. The van der Waals surface area contributed by atoms with Crippen LogP contribution in [-0.4, -0.2) is 20.3 Å². The molecule has 1 amide bonds. The second kappa shape index (κ2) is 9.94. The van der Waals surface area contributed by atoms with Crippen LogP contribution < -0.4 is 10.1 Å². The summed E-state index contributed by atoms with van der Waals surface area (Å²) >= 11 is 0. The first kappa shape index (κ1) is 21.9. The van der Waals surface area contributed by atoms with Gasteiger partial charge in [-0.15, -0.1) is 0 Å². The van der Waals surface area contributed by atoms with Gasteiger partial charge in [-0.3, -0.25) is 4.79 Å². The minimum absolute atomic E-state index is 0.254. The number of carbonyl (C=O) groups excluding carboxylic acids is 1. The molecule has 3 aromatic heterocycles. The van der Waals surface area contributed by atoms with Gasteiger partial charge in [0.1, 0.15) is 23.7 Å². The van der Waals surface area contributed by atoms with Crippen LogP contribution in [0.1, 0.15) is 32.9 Å². The molecule has 3 heterocycles. The number of para-hydroxylation sites is 1. The summed E-state index contributed by atoms with van der Waals surface area (Å²) in [6, 6.07) is 24.2. The molecule has 5 rings (SSSR count). The monoisotopic (exact) mass is 458 g/mol. The lowest BCUT2D eigenvalue weighted by atomic mass is 10.1. The van der Waals surface area contributed by atoms with E-state index in [0.717, 1.165) is 22.5 Å². The second-order valence-electron chi connectivity index (χ2n) is 7.94. The van der Waals surface area contributed by atoms with Crippen LogP contribution in [-0.2, 0) is 6.61 Å². The summed E-state index contributed by atoms with van der Waals surface area (Å²) in [4.78, 5) is 21.9. The van der Waals surface area contributed by atoms with Crippen LogP contribution in [0, 0.1) is 18.8 Å². The van der Waals surface area contributed by atoms with E-state index < -0.39 is 0 Å². The molecule has 0 aliphatic rings. The Morgan fingerprint density at radius 1 is 1.00 bits per heavy atom. The second-order valence-corrected chi connectivity index (χ2v) is 7.94. The smallest absolute Gasteiger partial charge is 0.259 e. The number of rotatable bonds is 5. The van der Waals surface area contributed by atoms with Gasteiger partial charge in [0.2, 0.25) is 0 Å². The molecular formula is C29H22N4O2. The van der Waals surface area contributed by atoms with Gasteiger partial charge in [0, 0.05) is 29.8 Å². The van der Waals surface area contributed by atoms with E-state index in [2.05, 4.69) is 27.1 Å². The van der Waals surface area contributed by atoms with Crippen molar-refractivity contribution < 1.29 is 9.53 Å². The zero-order valence-electron chi connectivity index (χ0n) is 19.1. The highest BCUT2D eigenvalue weighted by atomic mass is 16.5. The van der Waals surface area contributed by atoms with E-state index in [9.17, 15) is 4.79 Å². The Balaban J connectivity index is 1.30. The van der Waals surface area contributed by atoms with Crippen LogP contribution in [0.3, 0.4) is 0 Å². The SMILES string of the molecule is Cc1cccn2cc(COc3ccccc3C(=O)Nc3cccc(C#Cc4ccccn4)c3)nc12. The molecule has 6 heteroatoms. The summed E-state index contributed by atoms with van der Waals surface area (Å²) in [6.07, 6.45) is 5.59. The first-order chi connectivity index (χ1) is 17.2. The molecule has 0 radical (unpaired) electrons. The molecule has 35 heavy (non-hydrogen) atoms. The Bertz CT molecular complexity index is 1560. The highest BCUT2D eigenvalue weighted by molar-refractivity contribution is 6.06.